The lowest BCUT2D eigenvalue weighted by Crippen LogP contribution is -2.29. The van der Waals surface area contributed by atoms with E-state index >= 15 is 0 Å². The molecule has 4 rings (SSSR count). The fraction of sp³-hybridized carbons (Fsp3) is 0.379. The molecule has 2 atom stereocenters. The van der Waals surface area contributed by atoms with E-state index in [1.165, 1.54) is 52.8 Å². The first kappa shape index (κ1) is 24.5. The quantitative estimate of drug-likeness (QED) is 0.354. The molecule has 0 aromatic heterocycles. The van der Waals surface area contributed by atoms with Gasteiger partial charge in [-0.05, 0) is 78.2 Å². The smallest absolute Gasteiger partial charge is 0.0852 e. The van der Waals surface area contributed by atoms with Crippen LogP contribution in [0.15, 0.2) is 72.8 Å². The van der Waals surface area contributed by atoms with Crippen LogP contribution in [0, 0.1) is 5.92 Å². The lowest BCUT2D eigenvalue weighted by atomic mass is 9.78. The van der Waals surface area contributed by atoms with Gasteiger partial charge in [-0.1, -0.05) is 86.6 Å². The molecule has 0 spiro atoms. The summed E-state index contributed by atoms with van der Waals surface area (Å²) in [7, 11) is 1.88. The summed E-state index contributed by atoms with van der Waals surface area (Å²) in [6, 6.07) is 26.5. The van der Waals surface area contributed by atoms with Crippen LogP contribution in [0.5, 0.6) is 0 Å². The summed E-state index contributed by atoms with van der Waals surface area (Å²) in [5.74, 6) is 0.606. The topological polar surface area (TPSA) is 12.5 Å². The Hall–Kier alpha value is -2.13. The van der Waals surface area contributed by atoms with Gasteiger partial charge < -0.3 is 9.64 Å². The minimum Gasteiger partial charge on any atom is -0.376 e. The van der Waals surface area contributed by atoms with Crippen molar-refractivity contribution in [2.45, 2.75) is 39.2 Å². The van der Waals surface area contributed by atoms with Crippen LogP contribution in [0.3, 0.4) is 0 Å². The first-order chi connectivity index (χ1) is 15.2. The Morgan fingerprint density at radius 2 is 1.41 bits per heavy atom. The summed E-state index contributed by atoms with van der Waals surface area (Å²) in [4.78, 5) is 2.52. The highest BCUT2D eigenvalue weighted by molar-refractivity contribution is 5.85. The van der Waals surface area contributed by atoms with Gasteiger partial charge in [0, 0.05) is 7.11 Å². The number of ether oxygens (including phenoxy) is 1. The minimum atomic E-state index is 0. The maximum absolute atomic E-state index is 6.02. The molecule has 0 heterocycles. The molecule has 0 saturated carbocycles. The van der Waals surface area contributed by atoms with Gasteiger partial charge in [-0.15, -0.1) is 12.4 Å². The Morgan fingerprint density at radius 1 is 0.812 bits per heavy atom. The van der Waals surface area contributed by atoms with E-state index in [1.807, 2.05) is 7.11 Å². The lowest BCUT2D eigenvalue weighted by molar-refractivity contribution is 0.0328. The van der Waals surface area contributed by atoms with Gasteiger partial charge in [-0.3, -0.25) is 0 Å². The zero-order valence-corrected chi connectivity index (χ0v) is 20.4. The van der Waals surface area contributed by atoms with Gasteiger partial charge in [0.25, 0.3) is 0 Å². The maximum atomic E-state index is 6.02. The van der Waals surface area contributed by atoms with E-state index in [1.54, 1.807) is 0 Å². The molecule has 32 heavy (non-hydrogen) atoms. The fourth-order valence-corrected chi connectivity index (χ4v) is 5.01. The molecule has 170 valence electrons. The minimum absolute atomic E-state index is 0. The number of nitrogens with zero attached hydrogens (tertiary/aromatic N) is 1. The van der Waals surface area contributed by atoms with Crippen molar-refractivity contribution in [1.82, 2.24) is 4.90 Å². The van der Waals surface area contributed by atoms with Gasteiger partial charge in [0.1, 0.15) is 0 Å². The molecule has 0 N–H and O–H groups in total. The van der Waals surface area contributed by atoms with E-state index in [2.05, 4.69) is 91.5 Å². The highest BCUT2D eigenvalue weighted by atomic mass is 35.5. The molecule has 0 saturated heterocycles. The monoisotopic (exact) mass is 449 g/mol. The number of halogens is 1. The molecule has 1 aliphatic carbocycles. The standard InChI is InChI=1S/C29H35NO.ClH/c1-4-30(5-2)20-19-25-15-16-27-21-26(17-18-28(27)29(25)31-3)24-13-11-23(12-14-24)22-9-7-6-8-10-22;/h6-14,17-18,21,25,29H,4-5,15-16,19-20H2,1-3H3;1H. The third-order valence-electron chi connectivity index (χ3n) is 6.95. The summed E-state index contributed by atoms with van der Waals surface area (Å²) in [5.41, 5.74) is 7.95. The van der Waals surface area contributed by atoms with Gasteiger partial charge in [0.05, 0.1) is 6.10 Å². The van der Waals surface area contributed by atoms with Crippen LogP contribution in [0.4, 0.5) is 0 Å². The molecule has 0 amide bonds. The molecular formula is C29H36ClNO. The van der Waals surface area contributed by atoms with Crippen LogP contribution in [0.25, 0.3) is 22.3 Å². The van der Waals surface area contributed by atoms with Crippen LogP contribution in [-0.2, 0) is 11.2 Å². The molecular weight excluding hydrogens is 414 g/mol. The molecule has 0 radical (unpaired) electrons. The molecule has 2 unspecified atom stereocenters. The Kier molecular flexibility index (Phi) is 8.92. The number of aryl methyl sites for hydroxylation is 1. The number of benzene rings is 3. The van der Waals surface area contributed by atoms with Crippen molar-refractivity contribution in [3.8, 4) is 22.3 Å². The van der Waals surface area contributed by atoms with Crippen molar-refractivity contribution in [1.29, 1.82) is 0 Å². The third-order valence-corrected chi connectivity index (χ3v) is 6.95. The van der Waals surface area contributed by atoms with Gasteiger partial charge >= 0.3 is 0 Å². The van der Waals surface area contributed by atoms with Crippen LogP contribution in [0.1, 0.15) is 43.9 Å². The van der Waals surface area contributed by atoms with Crippen molar-refractivity contribution < 1.29 is 4.74 Å². The van der Waals surface area contributed by atoms with Crippen LogP contribution in [0.2, 0.25) is 0 Å². The molecule has 0 fully saturated rings. The summed E-state index contributed by atoms with van der Waals surface area (Å²) in [5, 5.41) is 0. The van der Waals surface area contributed by atoms with E-state index in [0.717, 1.165) is 19.5 Å². The normalized spacial score (nSPS) is 17.6. The van der Waals surface area contributed by atoms with Gasteiger partial charge in [-0.2, -0.15) is 0 Å². The van der Waals surface area contributed by atoms with Crippen LogP contribution < -0.4 is 0 Å². The van der Waals surface area contributed by atoms with Gasteiger partial charge in [0.2, 0.25) is 0 Å². The largest absolute Gasteiger partial charge is 0.376 e. The van der Waals surface area contributed by atoms with E-state index in [4.69, 9.17) is 4.74 Å². The molecule has 2 nitrogen and oxygen atoms in total. The lowest BCUT2D eigenvalue weighted by Gasteiger charge is -2.34. The van der Waals surface area contributed by atoms with Crippen molar-refractivity contribution in [3.05, 3.63) is 83.9 Å². The average molecular weight is 450 g/mol. The summed E-state index contributed by atoms with van der Waals surface area (Å²) >= 11 is 0. The predicted molar refractivity (Wildman–Crippen MR) is 139 cm³/mol. The average Bonchev–Trinajstić information content (AvgIpc) is 2.84. The highest BCUT2D eigenvalue weighted by Crippen LogP contribution is 2.40. The number of fused-ring (bicyclic) bond motifs is 1. The first-order valence-electron chi connectivity index (χ1n) is 11.8. The summed E-state index contributed by atoms with van der Waals surface area (Å²) in [6.45, 7) is 7.93. The summed E-state index contributed by atoms with van der Waals surface area (Å²) < 4.78 is 6.02. The Bertz CT molecular complexity index is 966. The molecule has 1 aliphatic rings. The van der Waals surface area contributed by atoms with E-state index in [9.17, 15) is 0 Å². The molecule has 3 heteroatoms. The van der Waals surface area contributed by atoms with Gasteiger partial charge in [-0.25, -0.2) is 0 Å². The van der Waals surface area contributed by atoms with Crippen molar-refractivity contribution in [3.63, 3.8) is 0 Å². The number of methoxy groups -OCH3 is 1. The second-order valence-electron chi connectivity index (χ2n) is 8.63. The number of hydrogen-bond donors (Lipinski definition) is 0. The maximum Gasteiger partial charge on any atom is 0.0852 e. The third kappa shape index (κ3) is 5.43. The fourth-order valence-electron chi connectivity index (χ4n) is 5.01. The number of hydrogen-bond acceptors (Lipinski definition) is 2. The molecule has 3 aromatic rings. The predicted octanol–water partition coefficient (Wildman–Crippen LogP) is 7.42. The van der Waals surface area contributed by atoms with Crippen molar-refractivity contribution in [2.75, 3.05) is 26.7 Å². The van der Waals surface area contributed by atoms with Crippen LogP contribution >= 0.6 is 12.4 Å². The second-order valence-corrected chi connectivity index (χ2v) is 8.63. The van der Waals surface area contributed by atoms with Crippen molar-refractivity contribution in [2.24, 2.45) is 5.92 Å². The van der Waals surface area contributed by atoms with E-state index in [0.29, 0.717) is 5.92 Å². The number of rotatable bonds is 8. The first-order valence-corrected chi connectivity index (χ1v) is 11.8. The second kappa shape index (κ2) is 11.7. The Morgan fingerprint density at radius 3 is 2.03 bits per heavy atom. The molecule has 0 aliphatic heterocycles. The molecule has 0 bridgehead atoms. The SMILES string of the molecule is CCN(CC)CCC1CCc2cc(-c3ccc(-c4ccccc4)cc3)ccc2C1OC.Cl. The Labute approximate surface area is 200 Å². The van der Waals surface area contributed by atoms with E-state index in [-0.39, 0.29) is 18.5 Å². The van der Waals surface area contributed by atoms with Crippen molar-refractivity contribution >= 4 is 12.4 Å². The van der Waals surface area contributed by atoms with Crippen LogP contribution in [-0.4, -0.2) is 31.6 Å². The Balaban J connectivity index is 0.00000289. The highest BCUT2D eigenvalue weighted by Gasteiger charge is 2.29. The zero-order chi connectivity index (χ0) is 21.6. The molecule has 3 aromatic carbocycles. The zero-order valence-electron chi connectivity index (χ0n) is 19.6. The van der Waals surface area contributed by atoms with E-state index < -0.39 is 0 Å². The summed E-state index contributed by atoms with van der Waals surface area (Å²) in [6.07, 6.45) is 3.79. The van der Waals surface area contributed by atoms with Gasteiger partial charge in [0.15, 0.2) is 0 Å².